The number of aromatic nitrogens is 1. The predicted molar refractivity (Wildman–Crippen MR) is 134 cm³/mol. The Morgan fingerprint density at radius 3 is 2.38 bits per heavy atom. The summed E-state index contributed by atoms with van der Waals surface area (Å²) in [6.07, 6.45) is -2.46. The van der Waals surface area contributed by atoms with Gasteiger partial charge in [-0.25, -0.2) is 21.6 Å². The Labute approximate surface area is 227 Å². The van der Waals surface area contributed by atoms with Crippen LogP contribution >= 0.6 is 0 Å². The van der Waals surface area contributed by atoms with Gasteiger partial charge >= 0.3 is 6.18 Å². The van der Waals surface area contributed by atoms with E-state index >= 15 is 0 Å². The Bertz CT molecular complexity index is 1570. The van der Waals surface area contributed by atoms with E-state index < -0.39 is 61.2 Å². The molecule has 1 aromatic heterocycles. The van der Waals surface area contributed by atoms with Gasteiger partial charge in [-0.05, 0) is 91.5 Å². The number of aryl methyl sites for hydroxylation is 1. The van der Waals surface area contributed by atoms with Crippen molar-refractivity contribution in [2.45, 2.75) is 60.5 Å². The fourth-order valence-electron chi connectivity index (χ4n) is 6.45. The van der Waals surface area contributed by atoms with Crippen molar-refractivity contribution in [1.29, 1.82) is 0 Å². The van der Waals surface area contributed by atoms with Crippen LogP contribution in [0.2, 0.25) is 0 Å². The third-order valence-electron chi connectivity index (χ3n) is 8.54. The van der Waals surface area contributed by atoms with Crippen LogP contribution in [-0.2, 0) is 26.7 Å². The lowest BCUT2D eigenvalue weighted by Gasteiger charge is -2.43. The minimum Gasteiger partial charge on any atom is -0.294 e. The van der Waals surface area contributed by atoms with E-state index in [9.17, 15) is 39.6 Å². The summed E-state index contributed by atoms with van der Waals surface area (Å²) >= 11 is 0. The van der Waals surface area contributed by atoms with Crippen molar-refractivity contribution >= 4 is 15.6 Å². The van der Waals surface area contributed by atoms with Crippen LogP contribution in [0.15, 0.2) is 65.8 Å². The number of sulfone groups is 1. The van der Waals surface area contributed by atoms with E-state index in [2.05, 4.69) is 4.98 Å². The quantitative estimate of drug-likeness (QED) is 0.178. The van der Waals surface area contributed by atoms with Crippen LogP contribution in [0.4, 0.5) is 26.3 Å². The topological polar surface area (TPSA) is 64.1 Å². The normalized spacial score (nSPS) is 24.2. The largest absolute Gasteiger partial charge is 0.426 e. The minimum absolute atomic E-state index is 0.0344. The molecule has 3 aromatic rings. The van der Waals surface area contributed by atoms with Crippen molar-refractivity contribution in [1.82, 2.24) is 4.98 Å². The third kappa shape index (κ3) is 4.33. The molecule has 1 heterocycles. The summed E-state index contributed by atoms with van der Waals surface area (Å²) in [7, 11) is -4.29. The van der Waals surface area contributed by atoms with Gasteiger partial charge in [0.25, 0.3) is 0 Å². The van der Waals surface area contributed by atoms with Crippen molar-refractivity contribution in [3.63, 3.8) is 0 Å². The molecular formula is C29H25F6NO3S. The maximum Gasteiger partial charge on any atom is 0.426 e. The molecule has 0 bridgehead atoms. The van der Waals surface area contributed by atoms with Crippen LogP contribution in [0.3, 0.4) is 0 Å². The van der Waals surface area contributed by atoms with E-state index in [1.54, 1.807) is 0 Å². The number of carbonyl (C=O) groups is 1. The molecule has 2 aliphatic rings. The highest BCUT2D eigenvalue weighted by atomic mass is 32.2. The van der Waals surface area contributed by atoms with Gasteiger partial charge in [0.1, 0.15) is 10.6 Å². The zero-order valence-electron chi connectivity index (χ0n) is 21.3. The van der Waals surface area contributed by atoms with E-state index in [-0.39, 0.29) is 53.7 Å². The maximum atomic E-state index is 14.8. The van der Waals surface area contributed by atoms with Gasteiger partial charge in [-0.2, -0.15) is 13.2 Å². The fourth-order valence-corrected chi connectivity index (χ4v) is 8.95. The molecule has 0 N–H and O–H groups in total. The van der Waals surface area contributed by atoms with Gasteiger partial charge in [0, 0.05) is 12.6 Å². The van der Waals surface area contributed by atoms with Crippen molar-refractivity contribution in [2.24, 2.45) is 11.8 Å². The van der Waals surface area contributed by atoms with E-state index in [0.717, 1.165) is 42.6 Å². The molecule has 0 spiro atoms. The Balaban J connectivity index is 1.62. The molecule has 4 atom stereocenters. The molecule has 0 saturated heterocycles. The van der Waals surface area contributed by atoms with Gasteiger partial charge in [-0.15, -0.1) is 0 Å². The summed E-state index contributed by atoms with van der Waals surface area (Å²) in [5.41, 5.74) is -3.92. The lowest BCUT2D eigenvalue weighted by Crippen LogP contribution is -2.45. The first-order valence-corrected chi connectivity index (χ1v) is 14.2. The number of halogens is 6. The first-order valence-electron chi connectivity index (χ1n) is 12.7. The molecule has 4 nitrogen and oxygen atoms in total. The van der Waals surface area contributed by atoms with Gasteiger partial charge in [0.05, 0.1) is 16.7 Å². The van der Waals surface area contributed by atoms with Gasteiger partial charge in [0.15, 0.2) is 21.4 Å². The molecule has 0 radical (unpaired) electrons. The van der Waals surface area contributed by atoms with E-state index in [1.807, 2.05) is 0 Å². The van der Waals surface area contributed by atoms with Crippen LogP contribution < -0.4 is 0 Å². The number of rotatable bonds is 6. The number of pyridine rings is 1. The number of ketones is 1. The molecule has 40 heavy (non-hydrogen) atoms. The van der Waals surface area contributed by atoms with Gasteiger partial charge < -0.3 is 0 Å². The van der Waals surface area contributed by atoms with Crippen molar-refractivity contribution < 1.29 is 39.6 Å². The molecule has 5 rings (SSSR count). The van der Waals surface area contributed by atoms with E-state index in [1.165, 1.54) is 18.3 Å². The molecule has 11 heteroatoms. The summed E-state index contributed by atoms with van der Waals surface area (Å²) in [4.78, 5) is 16.5. The summed E-state index contributed by atoms with van der Waals surface area (Å²) in [5.74, 6) is -3.08. The molecule has 212 valence electrons. The van der Waals surface area contributed by atoms with Gasteiger partial charge in [-0.3, -0.25) is 9.78 Å². The van der Waals surface area contributed by atoms with Crippen LogP contribution in [0.25, 0.3) is 0 Å². The lowest BCUT2D eigenvalue weighted by atomic mass is 9.71. The smallest absolute Gasteiger partial charge is 0.294 e. The van der Waals surface area contributed by atoms with Crippen molar-refractivity contribution in [3.8, 4) is 0 Å². The van der Waals surface area contributed by atoms with E-state index in [0.29, 0.717) is 6.92 Å². The summed E-state index contributed by atoms with van der Waals surface area (Å²) in [6.45, 7) is 0.417. The molecule has 1 saturated carbocycles. The molecule has 2 aromatic carbocycles. The van der Waals surface area contributed by atoms with Crippen LogP contribution in [0.1, 0.15) is 59.7 Å². The molecule has 1 unspecified atom stereocenters. The van der Waals surface area contributed by atoms with E-state index in [4.69, 9.17) is 0 Å². The summed E-state index contributed by atoms with van der Waals surface area (Å²) in [5, 5.41) is 0. The van der Waals surface area contributed by atoms with Crippen molar-refractivity contribution in [3.05, 3.63) is 94.8 Å². The number of hydrogen-bond donors (Lipinski definition) is 0. The third-order valence-corrected chi connectivity index (χ3v) is 11.1. The molecule has 0 aliphatic heterocycles. The van der Waals surface area contributed by atoms with Gasteiger partial charge in [0.2, 0.25) is 5.67 Å². The highest BCUT2D eigenvalue weighted by molar-refractivity contribution is 7.92. The Kier molecular flexibility index (Phi) is 6.88. The maximum absolute atomic E-state index is 14.8. The minimum atomic E-state index is -5.18. The number of benzene rings is 2. The number of alkyl halides is 4. The molecular weight excluding hydrogens is 556 g/mol. The monoisotopic (exact) mass is 581 g/mol. The highest BCUT2D eigenvalue weighted by Crippen LogP contribution is 2.60. The summed E-state index contributed by atoms with van der Waals surface area (Å²) < 4.78 is 110. The fraction of sp³-hybridized carbons (Fsp3) is 0.379. The van der Waals surface area contributed by atoms with Crippen LogP contribution in [0.5, 0.6) is 0 Å². The Morgan fingerprint density at radius 1 is 1.02 bits per heavy atom. The highest BCUT2D eigenvalue weighted by Gasteiger charge is 2.61. The number of fused-ring (bicyclic) bond motifs is 3. The first kappa shape index (κ1) is 28.3. The zero-order chi connectivity index (χ0) is 29.1. The SMILES string of the molecule is CC(F)(c1ccc2c(c1)CC[C@H]1[C@H](CC(=O)c3ccncc3F)CC[C@@]21S(=O)(=O)c1ccc(F)cc1)C(F)(F)F. The zero-order valence-corrected chi connectivity index (χ0v) is 22.1. The standard InChI is InChI=1S/C29H25F6NO3S/c1-27(32,29(33,34)35)19-3-9-24-17(14-19)2-8-23-18(15-26(37)22-11-13-36-16-25(22)31)10-12-28(23,24)40(38,39)21-6-4-20(30)5-7-21/h3-7,9,11,13-14,16,18,23H,2,8,10,12,15H2,1H3/t18-,23-,27?,28-/m0/s1. The molecule has 2 aliphatic carbocycles. The average molecular weight is 582 g/mol. The van der Waals surface area contributed by atoms with Crippen LogP contribution in [0, 0.1) is 23.5 Å². The van der Waals surface area contributed by atoms with Crippen molar-refractivity contribution in [2.75, 3.05) is 0 Å². The Hall–Kier alpha value is -3.21. The second kappa shape index (κ2) is 9.71. The molecule has 0 amide bonds. The second-order valence-corrected chi connectivity index (χ2v) is 12.9. The number of nitrogens with zero attached hydrogens (tertiary/aromatic N) is 1. The number of carbonyl (C=O) groups excluding carboxylic acids is 1. The predicted octanol–water partition coefficient (Wildman–Crippen LogP) is 7.02. The lowest BCUT2D eigenvalue weighted by molar-refractivity contribution is -0.228. The molecule has 1 fully saturated rings. The number of Topliss-reactive ketones (excluding diaryl/α,β-unsaturated/α-hetero) is 1. The number of hydrogen-bond acceptors (Lipinski definition) is 4. The van der Waals surface area contributed by atoms with Gasteiger partial charge in [-0.1, -0.05) is 18.2 Å². The Morgan fingerprint density at radius 2 is 1.73 bits per heavy atom. The second-order valence-electron chi connectivity index (χ2n) is 10.6. The average Bonchev–Trinajstić information content (AvgIpc) is 3.28. The first-order chi connectivity index (χ1) is 18.7. The van der Waals surface area contributed by atoms with Crippen LogP contribution in [-0.4, -0.2) is 25.4 Å². The summed E-state index contributed by atoms with van der Waals surface area (Å²) in [6, 6.07) is 8.80.